The summed E-state index contributed by atoms with van der Waals surface area (Å²) in [4.78, 5) is 11.5. The molecule has 0 unspecified atom stereocenters. The van der Waals surface area contributed by atoms with Gasteiger partial charge in [-0.3, -0.25) is 15.3 Å². The molecule has 0 radical (unpaired) electrons. The molecule has 18 heavy (non-hydrogen) atoms. The van der Waals surface area contributed by atoms with Crippen LogP contribution in [-0.2, 0) is 0 Å². The number of rotatable bonds is 2. The summed E-state index contributed by atoms with van der Waals surface area (Å²) in [7, 11) is 0. The van der Waals surface area contributed by atoms with Crippen molar-refractivity contribution in [3.05, 3.63) is 44.2 Å². The van der Waals surface area contributed by atoms with Crippen molar-refractivity contribution in [2.75, 3.05) is 0 Å². The summed E-state index contributed by atoms with van der Waals surface area (Å²) in [5.41, 5.74) is 4.65. The maximum absolute atomic E-state index is 11.5. The number of aromatic amines is 1. The Labute approximate surface area is 111 Å². The van der Waals surface area contributed by atoms with Crippen LogP contribution in [0.25, 0.3) is 5.69 Å². The summed E-state index contributed by atoms with van der Waals surface area (Å²) in [6.07, 6.45) is 0. The van der Waals surface area contributed by atoms with E-state index in [1.54, 1.807) is 6.07 Å². The van der Waals surface area contributed by atoms with Gasteiger partial charge < -0.3 is 10.8 Å². The average molecular weight is 287 g/mol. The number of aromatic hydroxyl groups is 1. The number of halogens is 2. The van der Waals surface area contributed by atoms with Gasteiger partial charge in [-0.15, -0.1) is 0 Å². The Balaban J connectivity index is 2.65. The van der Waals surface area contributed by atoms with Gasteiger partial charge in [-0.2, -0.15) is 0 Å². The lowest BCUT2D eigenvalue weighted by molar-refractivity contribution is 0.432. The van der Waals surface area contributed by atoms with Crippen molar-refractivity contribution in [1.29, 1.82) is 5.41 Å². The predicted octanol–water partition coefficient (Wildman–Crippen LogP) is 1.46. The van der Waals surface area contributed by atoms with Crippen LogP contribution >= 0.6 is 23.2 Å². The van der Waals surface area contributed by atoms with Crippen LogP contribution in [0.5, 0.6) is 5.88 Å². The summed E-state index contributed by atoms with van der Waals surface area (Å²) in [6, 6.07) is 4.53. The first-order valence-electron chi connectivity index (χ1n) is 4.75. The highest BCUT2D eigenvalue weighted by atomic mass is 35.5. The number of hydrogen-bond acceptors (Lipinski definition) is 3. The van der Waals surface area contributed by atoms with Gasteiger partial charge >= 0.3 is 0 Å². The molecule has 1 aromatic heterocycles. The summed E-state index contributed by atoms with van der Waals surface area (Å²) >= 11 is 11.6. The molecule has 1 aromatic carbocycles. The van der Waals surface area contributed by atoms with E-state index < -0.39 is 17.3 Å². The molecule has 2 aromatic rings. The van der Waals surface area contributed by atoms with Gasteiger partial charge in [-0.1, -0.05) is 23.2 Å². The Hall–Kier alpha value is -1.92. The Morgan fingerprint density at radius 1 is 1.39 bits per heavy atom. The number of aromatic nitrogens is 2. The van der Waals surface area contributed by atoms with Crippen molar-refractivity contribution in [2.45, 2.75) is 0 Å². The molecule has 94 valence electrons. The van der Waals surface area contributed by atoms with E-state index in [9.17, 15) is 9.90 Å². The summed E-state index contributed by atoms with van der Waals surface area (Å²) in [5, 5.41) is 20.0. The number of nitrogens with zero attached hydrogens (tertiary/aromatic N) is 1. The number of benzene rings is 1. The van der Waals surface area contributed by atoms with Gasteiger partial charge in [0, 0.05) is 0 Å². The van der Waals surface area contributed by atoms with Gasteiger partial charge in [0.1, 0.15) is 11.4 Å². The van der Waals surface area contributed by atoms with E-state index in [0.717, 1.165) is 4.68 Å². The summed E-state index contributed by atoms with van der Waals surface area (Å²) in [5.74, 6) is -0.974. The molecule has 2 rings (SSSR count). The third-order valence-corrected chi connectivity index (χ3v) is 3.05. The van der Waals surface area contributed by atoms with Crippen molar-refractivity contribution in [3.8, 4) is 11.6 Å². The van der Waals surface area contributed by atoms with Crippen LogP contribution in [0.3, 0.4) is 0 Å². The fourth-order valence-electron chi connectivity index (χ4n) is 1.48. The molecule has 0 bridgehead atoms. The van der Waals surface area contributed by atoms with Gasteiger partial charge in [-0.25, -0.2) is 4.68 Å². The summed E-state index contributed by atoms with van der Waals surface area (Å²) in [6.45, 7) is 0. The molecule has 1 heterocycles. The van der Waals surface area contributed by atoms with Gasteiger partial charge in [0.25, 0.3) is 5.56 Å². The van der Waals surface area contributed by atoms with Crippen molar-refractivity contribution < 1.29 is 5.11 Å². The first-order chi connectivity index (χ1) is 8.41. The van der Waals surface area contributed by atoms with Crippen LogP contribution in [0.1, 0.15) is 5.56 Å². The number of nitrogens with one attached hydrogen (secondary N) is 2. The lowest BCUT2D eigenvalue weighted by Gasteiger charge is -2.05. The zero-order chi connectivity index (χ0) is 13.4. The van der Waals surface area contributed by atoms with E-state index in [0.29, 0.717) is 10.7 Å². The molecule has 8 heteroatoms. The number of nitrogen functional groups attached to an aromatic ring is 1. The fraction of sp³-hybridized carbons (Fsp3) is 0. The fourth-order valence-corrected chi connectivity index (χ4v) is 1.77. The molecule has 0 saturated heterocycles. The number of nitrogens with two attached hydrogens (primary N) is 1. The highest BCUT2D eigenvalue weighted by Crippen LogP contribution is 2.26. The minimum absolute atomic E-state index is 0.271. The van der Waals surface area contributed by atoms with Gasteiger partial charge in [0.2, 0.25) is 5.88 Å². The smallest absolute Gasteiger partial charge is 0.279 e. The van der Waals surface area contributed by atoms with Crippen molar-refractivity contribution >= 4 is 29.0 Å². The molecule has 0 saturated carbocycles. The van der Waals surface area contributed by atoms with E-state index in [1.807, 2.05) is 0 Å². The van der Waals surface area contributed by atoms with Gasteiger partial charge in [0.05, 0.1) is 15.7 Å². The van der Waals surface area contributed by atoms with Crippen molar-refractivity contribution in [1.82, 2.24) is 9.78 Å². The van der Waals surface area contributed by atoms with E-state index in [4.69, 9.17) is 34.3 Å². The van der Waals surface area contributed by atoms with Crippen molar-refractivity contribution in [3.63, 3.8) is 0 Å². The molecular formula is C10H8Cl2N4O2. The normalized spacial score (nSPS) is 10.6. The predicted molar refractivity (Wildman–Crippen MR) is 69.1 cm³/mol. The lowest BCUT2D eigenvalue weighted by atomic mass is 10.3. The van der Waals surface area contributed by atoms with E-state index in [1.165, 1.54) is 12.1 Å². The quantitative estimate of drug-likeness (QED) is 0.496. The first kappa shape index (κ1) is 12.5. The molecular weight excluding hydrogens is 279 g/mol. The third-order valence-electron chi connectivity index (χ3n) is 2.31. The van der Waals surface area contributed by atoms with Crippen LogP contribution in [0.4, 0.5) is 0 Å². The maximum atomic E-state index is 11.5. The van der Waals surface area contributed by atoms with Crippen LogP contribution in [0.2, 0.25) is 10.0 Å². The molecule has 0 aliphatic carbocycles. The van der Waals surface area contributed by atoms with E-state index >= 15 is 0 Å². The van der Waals surface area contributed by atoms with Gasteiger partial charge in [-0.05, 0) is 18.2 Å². The zero-order valence-electron chi connectivity index (χ0n) is 8.87. The SMILES string of the molecule is N=C(N)c1c(O)n(-c2ccc(Cl)c(Cl)c2)[nH]c1=O. The van der Waals surface area contributed by atoms with Crippen LogP contribution in [-0.4, -0.2) is 20.7 Å². The van der Waals surface area contributed by atoms with Crippen LogP contribution in [0.15, 0.2) is 23.0 Å². The van der Waals surface area contributed by atoms with Gasteiger partial charge in [0.15, 0.2) is 0 Å². The minimum Gasteiger partial charge on any atom is -0.493 e. The number of hydrogen-bond donors (Lipinski definition) is 4. The molecule has 0 aliphatic rings. The molecule has 5 N–H and O–H groups in total. The second kappa shape index (κ2) is 4.40. The molecule has 0 spiro atoms. The lowest BCUT2D eigenvalue weighted by Crippen LogP contribution is -2.19. The Kier molecular flexibility index (Phi) is 3.06. The summed E-state index contributed by atoms with van der Waals surface area (Å²) < 4.78 is 1.07. The molecule has 0 fully saturated rings. The Morgan fingerprint density at radius 2 is 2.06 bits per heavy atom. The highest BCUT2D eigenvalue weighted by Gasteiger charge is 2.17. The topological polar surface area (TPSA) is 108 Å². The number of H-pyrrole nitrogens is 1. The molecule has 0 aliphatic heterocycles. The Morgan fingerprint density at radius 3 is 2.56 bits per heavy atom. The maximum Gasteiger partial charge on any atom is 0.279 e. The van der Waals surface area contributed by atoms with E-state index in [2.05, 4.69) is 5.10 Å². The largest absolute Gasteiger partial charge is 0.493 e. The molecule has 0 atom stereocenters. The van der Waals surface area contributed by atoms with Crippen LogP contribution < -0.4 is 11.3 Å². The zero-order valence-corrected chi connectivity index (χ0v) is 10.4. The van der Waals surface area contributed by atoms with Crippen molar-refractivity contribution in [2.24, 2.45) is 5.73 Å². The molecule has 0 amide bonds. The monoisotopic (exact) mass is 286 g/mol. The third kappa shape index (κ3) is 1.96. The minimum atomic E-state index is -0.661. The first-order valence-corrected chi connectivity index (χ1v) is 5.51. The second-order valence-corrected chi connectivity index (χ2v) is 4.30. The second-order valence-electron chi connectivity index (χ2n) is 3.49. The highest BCUT2D eigenvalue weighted by molar-refractivity contribution is 6.42. The Bertz CT molecular complexity index is 690. The molecule has 6 nitrogen and oxygen atoms in total. The van der Waals surface area contributed by atoms with Crippen LogP contribution in [0, 0.1) is 5.41 Å². The van der Waals surface area contributed by atoms with E-state index in [-0.39, 0.29) is 10.6 Å². The standard InChI is InChI=1S/C10H8Cl2N4O2/c11-5-2-1-4(3-6(5)12)16-10(18)7(8(13)14)9(17)15-16/h1-3,18H,(H3,13,14)(H,15,17). The number of amidine groups is 1. The average Bonchev–Trinajstić information content (AvgIpc) is 2.58.